The van der Waals surface area contributed by atoms with Crippen LogP contribution in [-0.2, 0) is 14.3 Å². The van der Waals surface area contributed by atoms with Gasteiger partial charge < -0.3 is 10.1 Å². The van der Waals surface area contributed by atoms with Gasteiger partial charge in [-0.3, -0.25) is 19.0 Å². The summed E-state index contributed by atoms with van der Waals surface area (Å²) in [6.45, 7) is 3.79. The Labute approximate surface area is 165 Å². The number of amides is 1. The molecule has 1 fully saturated rings. The van der Waals surface area contributed by atoms with Crippen LogP contribution in [0.3, 0.4) is 0 Å². The van der Waals surface area contributed by atoms with Gasteiger partial charge in [0, 0.05) is 10.9 Å². The fourth-order valence-corrected chi connectivity index (χ4v) is 5.26. The first-order valence-corrected chi connectivity index (χ1v) is 10.7. The first-order chi connectivity index (χ1) is 12.9. The van der Waals surface area contributed by atoms with Crippen LogP contribution in [0.2, 0.25) is 0 Å². The summed E-state index contributed by atoms with van der Waals surface area (Å²) in [5.41, 5.74) is 0.984. The second-order valence-corrected chi connectivity index (χ2v) is 8.76. The summed E-state index contributed by atoms with van der Waals surface area (Å²) in [7, 11) is 1.27. The minimum atomic E-state index is -0.500. The number of thiophene rings is 1. The van der Waals surface area contributed by atoms with Crippen LogP contribution in [0.4, 0.5) is 0 Å². The normalized spacial score (nSPS) is 14.6. The molecule has 1 N–H and O–H groups in total. The van der Waals surface area contributed by atoms with E-state index in [2.05, 4.69) is 10.1 Å². The number of nitrogens with one attached hydrogen (secondary N) is 1. The molecular formula is C18H23N3O4S2. The predicted molar refractivity (Wildman–Crippen MR) is 107 cm³/mol. The number of thioether (sulfide) groups is 1. The van der Waals surface area contributed by atoms with Gasteiger partial charge >= 0.3 is 5.97 Å². The molecule has 1 saturated carbocycles. The van der Waals surface area contributed by atoms with Gasteiger partial charge in [0.15, 0.2) is 5.16 Å². The summed E-state index contributed by atoms with van der Waals surface area (Å²) in [5, 5.41) is 3.79. The molecule has 9 heteroatoms. The molecule has 0 radical (unpaired) electrons. The van der Waals surface area contributed by atoms with Crippen molar-refractivity contribution in [1.82, 2.24) is 14.9 Å². The lowest BCUT2D eigenvalue weighted by Crippen LogP contribution is -2.32. The third kappa shape index (κ3) is 4.19. The van der Waals surface area contributed by atoms with Crippen LogP contribution in [0.15, 0.2) is 9.95 Å². The second kappa shape index (κ2) is 8.43. The van der Waals surface area contributed by atoms with Gasteiger partial charge in [-0.2, -0.15) is 0 Å². The number of carbonyl (C=O) groups excluding carboxylic acids is 2. The molecular weight excluding hydrogens is 386 g/mol. The molecule has 1 aliphatic rings. The van der Waals surface area contributed by atoms with E-state index in [0.717, 1.165) is 41.0 Å². The van der Waals surface area contributed by atoms with Crippen LogP contribution >= 0.6 is 23.1 Å². The molecule has 0 bridgehead atoms. The van der Waals surface area contributed by atoms with E-state index >= 15 is 0 Å². The van der Waals surface area contributed by atoms with Gasteiger partial charge in [0.25, 0.3) is 5.56 Å². The zero-order valence-corrected chi connectivity index (χ0v) is 17.3. The molecule has 0 unspecified atom stereocenters. The highest BCUT2D eigenvalue weighted by atomic mass is 32.2. The molecule has 2 aromatic heterocycles. The number of aryl methyl sites for hydroxylation is 2. The number of methoxy groups -OCH3 is 1. The zero-order chi connectivity index (χ0) is 19.6. The van der Waals surface area contributed by atoms with Crippen molar-refractivity contribution in [3.05, 3.63) is 20.8 Å². The predicted octanol–water partition coefficient (Wildman–Crippen LogP) is 2.57. The SMILES string of the molecule is COC(=O)CNC(=O)CSc1nc2sc(C)c(C)c2c(=O)n1C1CCCC1. The number of rotatable bonds is 6. The summed E-state index contributed by atoms with van der Waals surface area (Å²) in [6, 6.07) is 0.134. The van der Waals surface area contributed by atoms with Crippen molar-refractivity contribution in [2.45, 2.75) is 50.7 Å². The lowest BCUT2D eigenvalue weighted by molar-refractivity contribution is -0.140. The monoisotopic (exact) mass is 409 g/mol. The Bertz CT molecular complexity index is 929. The maximum atomic E-state index is 13.2. The van der Waals surface area contributed by atoms with Crippen LogP contribution in [0.1, 0.15) is 42.2 Å². The first kappa shape index (κ1) is 19.9. The van der Waals surface area contributed by atoms with E-state index in [1.807, 2.05) is 13.8 Å². The average Bonchev–Trinajstić information content (AvgIpc) is 3.26. The van der Waals surface area contributed by atoms with E-state index in [1.165, 1.54) is 30.2 Å². The van der Waals surface area contributed by atoms with Crippen LogP contribution in [-0.4, -0.2) is 40.8 Å². The Hall–Kier alpha value is -1.87. The van der Waals surface area contributed by atoms with Crippen LogP contribution < -0.4 is 10.9 Å². The Balaban J connectivity index is 1.89. The Kier molecular flexibility index (Phi) is 6.21. The number of nitrogens with zero attached hydrogens (tertiary/aromatic N) is 2. The quantitative estimate of drug-likeness (QED) is 0.448. The third-order valence-corrected chi connectivity index (χ3v) is 6.94. The number of hydrogen-bond donors (Lipinski definition) is 1. The van der Waals surface area contributed by atoms with Crippen molar-refractivity contribution in [1.29, 1.82) is 0 Å². The highest BCUT2D eigenvalue weighted by Gasteiger charge is 2.25. The van der Waals surface area contributed by atoms with Gasteiger partial charge in [-0.05, 0) is 32.3 Å². The molecule has 2 aromatic rings. The van der Waals surface area contributed by atoms with Crippen molar-refractivity contribution >= 4 is 45.2 Å². The molecule has 7 nitrogen and oxygen atoms in total. The fraction of sp³-hybridized carbons (Fsp3) is 0.556. The van der Waals surface area contributed by atoms with Crippen molar-refractivity contribution < 1.29 is 14.3 Å². The van der Waals surface area contributed by atoms with Gasteiger partial charge in [0.05, 0.1) is 18.2 Å². The topological polar surface area (TPSA) is 90.3 Å². The van der Waals surface area contributed by atoms with Gasteiger partial charge in [-0.15, -0.1) is 11.3 Å². The molecule has 0 aliphatic heterocycles. The van der Waals surface area contributed by atoms with Crippen LogP contribution in [0.5, 0.6) is 0 Å². The van der Waals surface area contributed by atoms with Gasteiger partial charge in [0.1, 0.15) is 11.4 Å². The number of hydrogen-bond acceptors (Lipinski definition) is 7. The van der Waals surface area contributed by atoms with E-state index < -0.39 is 5.97 Å². The number of aromatic nitrogens is 2. The molecule has 146 valence electrons. The van der Waals surface area contributed by atoms with Gasteiger partial charge in [-0.25, -0.2) is 4.98 Å². The summed E-state index contributed by atoms with van der Waals surface area (Å²) in [6.07, 6.45) is 4.11. The maximum Gasteiger partial charge on any atom is 0.325 e. The van der Waals surface area contributed by atoms with Crippen molar-refractivity contribution in [3.8, 4) is 0 Å². The number of fused-ring (bicyclic) bond motifs is 1. The summed E-state index contributed by atoms with van der Waals surface area (Å²) >= 11 is 2.75. The van der Waals surface area contributed by atoms with Crippen molar-refractivity contribution in [2.75, 3.05) is 19.4 Å². The Morgan fingerprint density at radius 1 is 1.33 bits per heavy atom. The summed E-state index contributed by atoms with van der Waals surface area (Å²) < 4.78 is 6.30. The Morgan fingerprint density at radius 2 is 2.04 bits per heavy atom. The molecule has 0 spiro atoms. The lowest BCUT2D eigenvalue weighted by atomic mass is 10.2. The molecule has 0 atom stereocenters. The van der Waals surface area contributed by atoms with Gasteiger partial charge in [-0.1, -0.05) is 24.6 Å². The summed E-state index contributed by atoms with van der Waals surface area (Å²) in [5.74, 6) is -0.707. The fourth-order valence-electron chi connectivity index (χ4n) is 3.30. The number of carbonyl (C=O) groups is 2. The third-order valence-electron chi connectivity index (χ3n) is 4.88. The minimum Gasteiger partial charge on any atom is -0.468 e. The van der Waals surface area contributed by atoms with Crippen molar-refractivity contribution in [3.63, 3.8) is 0 Å². The van der Waals surface area contributed by atoms with E-state index in [0.29, 0.717) is 10.5 Å². The van der Waals surface area contributed by atoms with E-state index in [9.17, 15) is 14.4 Å². The molecule has 0 aromatic carbocycles. The molecule has 1 aliphatic carbocycles. The minimum absolute atomic E-state index is 0.00813. The first-order valence-electron chi connectivity index (χ1n) is 8.91. The molecule has 2 heterocycles. The smallest absolute Gasteiger partial charge is 0.325 e. The molecule has 27 heavy (non-hydrogen) atoms. The molecule has 1 amide bonds. The second-order valence-electron chi connectivity index (χ2n) is 6.61. The van der Waals surface area contributed by atoms with Crippen LogP contribution in [0, 0.1) is 13.8 Å². The molecule has 0 saturated heterocycles. The van der Waals surface area contributed by atoms with Crippen LogP contribution in [0.25, 0.3) is 10.2 Å². The number of esters is 1. The van der Waals surface area contributed by atoms with E-state index in [4.69, 9.17) is 4.98 Å². The Morgan fingerprint density at radius 3 is 2.70 bits per heavy atom. The molecule has 3 rings (SSSR count). The standard InChI is InChI=1S/C18H23N3O4S2/c1-10-11(2)27-16-15(10)17(24)21(12-6-4-5-7-12)18(20-16)26-9-13(22)19-8-14(23)25-3/h12H,4-9H2,1-3H3,(H,19,22). The van der Waals surface area contributed by atoms with E-state index in [-0.39, 0.29) is 29.8 Å². The largest absolute Gasteiger partial charge is 0.468 e. The lowest BCUT2D eigenvalue weighted by Gasteiger charge is -2.18. The zero-order valence-electron chi connectivity index (χ0n) is 15.7. The highest BCUT2D eigenvalue weighted by Crippen LogP contribution is 2.34. The maximum absolute atomic E-state index is 13.2. The number of ether oxygens (including phenoxy) is 1. The summed E-state index contributed by atoms with van der Waals surface area (Å²) in [4.78, 5) is 42.9. The highest BCUT2D eigenvalue weighted by molar-refractivity contribution is 7.99. The van der Waals surface area contributed by atoms with Crippen molar-refractivity contribution in [2.24, 2.45) is 0 Å². The van der Waals surface area contributed by atoms with Gasteiger partial charge in [0.2, 0.25) is 5.91 Å². The van der Waals surface area contributed by atoms with E-state index in [1.54, 1.807) is 4.57 Å². The average molecular weight is 410 g/mol.